The lowest BCUT2D eigenvalue weighted by Crippen LogP contribution is -2.21. The van der Waals surface area contributed by atoms with Gasteiger partial charge >= 0.3 is 0 Å². The Labute approximate surface area is 68.3 Å². The molecule has 1 fully saturated rings. The maximum absolute atomic E-state index is 9.21. The van der Waals surface area contributed by atoms with Gasteiger partial charge in [0.2, 0.25) is 0 Å². The van der Waals surface area contributed by atoms with Gasteiger partial charge in [-0.15, -0.1) is 0 Å². The van der Waals surface area contributed by atoms with Crippen LogP contribution in [-0.4, -0.2) is 23.0 Å². The summed E-state index contributed by atoms with van der Waals surface area (Å²) >= 11 is 0. The molecule has 0 saturated heterocycles. The van der Waals surface area contributed by atoms with Crippen molar-refractivity contribution in [3.63, 3.8) is 0 Å². The summed E-state index contributed by atoms with van der Waals surface area (Å²) in [5, 5.41) is 9.21. The summed E-state index contributed by atoms with van der Waals surface area (Å²) < 4.78 is 0. The number of aliphatic hydroxyl groups excluding tert-OH is 1. The van der Waals surface area contributed by atoms with E-state index in [0.717, 1.165) is 31.4 Å². The molecule has 0 radical (unpaired) electrons. The molecule has 1 aliphatic rings. The quantitative estimate of drug-likeness (QED) is 0.575. The third-order valence-corrected chi connectivity index (χ3v) is 2.11. The Bertz CT molecular complexity index is 142. The Hall–Kier alpha value is -0.370. The first-order valence-electron chi connectivity index (χ1n) is 4.37. The maximum Gasteiger partial charge on any atom is 0.0541 e. The first-order valence-corrected chi connectivity index (χ1v) is 4.37. The number of rotatable bonds is 1. The number of hydrogen-bond donors (Lipinski definition) is 1. The molecule has 0 amide bonds. The van der Waals surface area contributed by atoms with E-state index in [9.17, 15) is 5.11 Å². The van der Waals surface area contributed by atoms with Gasteiger partial charge < -0.3 is 5.11 Å². The second kappa shape index (κ2) is 3.86. The molecule has 1 aliphatic carbocycles. The summed E-state index contributed by atoms with van der Waals surface area (Å²) in [5.41, 5.74) is 1.16. The van der Waals surface area contributed by atoms with Gasteiger partial charge in [0.1, 0.15) is 0 Å². The second-order valence-corrected chi connectivity index (χ2v) is 3.54. The Morgan fingerprint density at radius 1 is 1.18 bits per heavy atom. The minimum Gasteiger partial charge on any atom is -0.393 e. The van der Waals surface area contributed by atoms with Crippen molar-refractivity contribution in [2.24, 2.45) is 4.99 Å². The monoisotopic (exact) mass is 155 g/mol. The number of hydrogen-bond acceptors (Lipinski definition) is 2. The van der Waals surface area contributed by atoms with Crippen molar-refractivity contribution in [1.82, 2.24) is 0 Å². The molecule has 1 rings (SSSR count). The van der Waals surface area contributed by atoms with Crippen LogP contribution in [-0.2, 0) is 0 Å². The van der Waals surface area contributed by atoms with Crippen molar-refractivity contribution in [3.05, 3.63) is 0 Å². The van der Waals surface area contributed by atoms with E-state index in [1.165, 1.54) is 0 Å². The smallest absolute Gasteiger partial charge is 0.0541 e. The van der Waals surface area contributed by atoms with Crippen LogP contribution in [0.15, 0.2) is 4.99 Å². The van der Waals surface area contributed by atoms with Crippen LogP contribution in [0, 0.1) is 0 Å². The van der Waals surface area contributed by atoms with Crippen LogP contribution >= 0.6 is 0 Å². The minimum absolute atomic E-state index is 0.0568. The molecule has 1 N–H and O–H groups in total. The summed E-state index contributed by atoms with van der Waals surface area (Å²) in [5.74, 6) is 0. The summed E-state index contributed by atoms with van der Waals surface area (Å²) in [4.78, 5) is 4.48. The SMILES string of the molecule is CC(C)=NC1CCC(O)CC1. The molecule has 64 valence electrons. The average molecular weight is 155 g/mol. The molecule has 2 heteroatoms. The zero-order valence-electron chi connectivity index (χ0n) is 7.38. The maximum atomic E-state index is 9.21. The van der Waals surface area contributed by atoms with Crippen molar-refractivity contribution in [1.29, 1.82) is 0 Å². The number of aliphatic imine (C=N–C) groups is 1. The lowest BCUT2D eigenvalue weighted by atomic mass is 9.93. The Balaban J connectivity index is 2.34. The topological polar surface area (TPSA) is 32.6 Å². The van der Waals surface area contributed by atoms with E-state index in [1.807, 2.05) is 13.8 Å². The van der Waals surface area contributed by atoms with Gasteiger partial charge in [-0.2, -0.15) is 0 Å². The molecule has 0 aromatic rings. The molecule has 0 unspecified atom stereocenters. The van der Waals surface area contributed by atoms with E-state index in [1.54, 1.807) is 0 Å². The first kappa shape index (κ1) is 8.72. The molecule has 11 heavy (non-hydrogen) atoms. The van der Waals surface area contributed by atoms with E-state index in [4.69, 9.17) is 0 Å². The lowest BCUT2D eigenvalue weighted by Gasteiger charge is -2.22. The molecule has 1 saturated carbocycles. The molecule has 0 aromatic heterocycles. The molecule has 0 heterocycles. The van der Waals surface area contributed by atoms with E-state index < -0.39 is 0 Å². The van der Waals surface area contributed by atoms with E-state index in [2.05, 4.69) is 4.99 Å². The fraction of sp³-hybridized carbons (Fsp3) is 0.889. The van der Waals surface area contributed by atoms with Gasteiger partial charge in [0.25, 0.3) is 0 Å². The van der Waals surface area contributed by atoms with Crippen molar-refractivity contribution in [3.8, 4) is 0 Å². The number of nitrogens with zero attached hydrogens (tertiary/aromatic N) is 1. The second-order valence-electron chi connectivity index (χ2n) is 3.54. The first-order chi connectivity index (χ1) is 5.18. The molecule has 0 bridgehead atoms. The average Bonchev–Trinajstić information content (AvgIpc) is 1.93. The predicted octanol–water partition coefficient (Wildman–Crippen LogP) is 1.77. The summed E-state index contributed by atoms with van der Waals surface area (Å²) in [6.45, 7) is 4.07. The van der Waals surface area contributed by atoms with Gasteiger partial charge in [0.15, 0.2) is 0 Å². The Kier molecular flexibility index (Phi) is 3.06. The van der Waals surface area contributed by atoms with Gasteiger partial charge in [-0.25, -0.2) is 0 Å². The lowest BCUT2D eigenvalue weighted by molar-refractivity contribution is 0.123. The third kappa shape index (κ3) is 3.02. The molecule has 0 spiro atoms. The van der Waals surface area contributed by atoms with Gasteiger partial charge in [-0.1, -0.05) is 0 Å². The van der Waals surface area contributed by atoms with Gasteiger partial charge in [-0.05, 0) is 39.5 Å². The fourth-order valence-electron chi connectivity index (χ4n) is 1.55. The van der Waals surface area contributed by atoms with Crippen LogP contribution in [0.1, 0.15) is 39.5 Å². The fourth-order valence-corrected chi connectivity index (χ4v) is 1.55. The van der Waals surface area contributed by atoms with Crippen LogP contribution in [0.25, 0.3) is 0 Å². The predicted molar refractivity (Wildman–Crippen MR) is 47.0 cm³/mol. The Morgan fingerprint density at radius 3 is 2.18 bits per heavy atom. The molecule has 0 atom stereocenters. The minimum atomic E-state index is -0.0568. The van der Waals surface area contributed by atoms with Crippen LogP contribution < -0.4 is 0 Å². The molecular formula is C9H17NO. The highest BCUT2D eigenvalue weighted by atomic mass is 16.3. The van der Waals surface area contributed by atoms with Gasteiger partial charge in [0.05, 0.1) is 12.1 Å². The Morgan fingerprint density at radius 2 is 1.73 bits per heavy atom. The largest absolute Gasteiger partial charge is 0.393 e. The molecular weight excluding hydrogens is 138 g/mol. The van der Waals surface area contributed by atoms with Crippen LogP contribution in [0.5, 0.6) is 0 Å². The number of aliphatic hydroxyl groups is 1. The van der Waals surface area contributed by atoms with Crippen molar-refractivity contribution >= 4 is 5.71 Å². The van der Waals surface area contributed by atoms with Gasteiger partial charge in [-0.3, -0.25) is 4.99 Å². The summed E-state index contributed by atoms with van der Waals surface area (Å²) in [6, 6.07) is 0.489. The summed E-state index contributed by atoms with van der Waals surface area (Å²) in [6.07, 6.45) is 3.93. The standard InChI is InChI=1S/C9H17NO/c1-7(2)10-8-3-5-9(11)6-4-8/h8-9,11H,3-6H2,1-2H3. The van der Waals surface area contributed by atoms with Crippen molar-refractivity contribution < 1.29 is 5.11 Å². The molecule has 0 aromatic carbocycles. The van der Waals surface area contributed by atoms with E-state index >= 15 is 0 Å². The highest BCUT2D eigenvalue weighted by Gasteiger charge is 2.17. The normalized spacial score (nSPS) is 31.5. The zero-order valence-corrected chi connectivity index (χ0v) is 7.38. The highest BCUT2D eigenvalue weighted by Crippen LogP contribution is 2.20. The van der Waals surface area contributed by atoms with Gasteiger partial charge in [0, 0.05) is 5.71 Å². The third-order valence-electron chi connectivity index (χ3n) is 2.11. The van der Waals surface area contributed by atoms with Crippen molar-refractivity contribution in [2.75, 3.05) is 0 Å². The van der Waals surface area contributed by atoms with Crippen LogP contribution in [0.4, 0.5) is 0 Å². The van der Waals surface area contributed by atoms with Crippen molar-refractivity contribution in [2.45, 2.75) is 51.7 Å². The van der Waals surface area contributed by atoms with E-state index in [0.29, 0.717) is 6.04 Å². The van der Waals surface area contributed by atoms with E-state index in [-0.39, 0.29) is 6.10 Å². The molecule has 2 nitrogen and oxygen atoms in total. The highest BCUT2D eigenvalue weighted by molar-refractivity contribution is 5.79. The van der Waals surface area contributed by atoms with Crippen LogP contribution in [0.3, 0.4) is 0 Å². The summed E-state index contributed by atoms with van der Waals surface area (Å²) in [7, 11) is 0. The molecule has 0 aliphatic heterocycles. The zero-order chi connectivity index (χ0) is 8.27. The van der Waals surface area contributed by atoms with Crippen LogP contribution in [0.2, 0.25) is 0 Å².